The highest BCUT2D eigenvalue weighted by Gasteiger charge is 2.26. The van der Waals surface area contributed by atoms with Gasteiger partial charge < -0.3 is 19.5 Å². The molecule has 3 rings (SSSR count). The highest BCUT2D eigenvalue weighted by atomic mass is 32.2. The Balaban J connectivity index is 1.52. The predicted octanol–water partition coefficient (Wildman–Crippen LogP) is 2.29. The van der Waals surface area contributed by atoms with Gasteiger partial charge in [0.25, 0.3) is 5.91 Å². The first-order chi connectivity index (χ1) is 15.4. The fourth-order valence-corrected chi connectivity index (χ4v) is 4.35. The van der Waals surface area contributed by atoms with Gasteiger partial charge in [-0.2, -0.15) is 4.31 Å². The average molecular weight is 464 g/mol. The standard InChI is InChI=1S/C21H25N3O7S/c1-2-30-21(26)23-17-4-3-5-18(14-17)31-15-20(25)22-16-6-8-19(9-7-16)32(27,28)24-10-12-29-13-11-24/h3-9,14H,2,10-13,15H2,1H3,(H,22,25)(H,23,26). The molecule has 1 aliphatic rings. The Hall–Kier alpha value is -3.15. The molecule has 0 saturated carbocycles. The van der Waals surface area contributed by atoms with Gasteiger partial charge in [0.15, 0.2) is 6.61 Å². The highest BCUT2D eigenvalue weighted by molar-refractivity contribution is 7.89. The van der Waals surface area contributed by atoms with Gasteiger partial charge in [-0.25, -0.2) is 13.2 Å². The molecule has 0 bridgehead atoms. The number of amides is 2. The highest BCUT2D eigenvalue weighted by Crippen LogP contribution is 2.20. The predicted molar refractivity (Wildman–Crippen MR) is 117 cm³/mol. The van der Waals surface area contributed by atoms with Crippen molar-refractivity contribution < 1.29 is 32.2 Å². The normalized spacial score (nSPS) is 14.4. The van der Waals surface area contributed by atoms with Gasteiger partial charge in [0, 0.05) is 30.5 Å². The summed E-state index contributed by atoms with van der Waals surface area (Å²) in [6, 6.07) is 12.5. The van der Waals surface area contributed by atoms with E-state index in [4.69, 9.17) is 14.2 Å². The average Bonchev–Trinajstić information content (AvgIpc) is 2.79. The van der Waals surface area contributed by atoms with Crippen molar-refractivity contribution in [3.8, 4) is 5.75 Å². The molecule has 10 nitrogen and oxygen atoms in total. The third-order valence-corrected chi connectivity index (χ3v) is 6.38. The molecule has 1 heterocycles. The van der Waals surface area contributed by atoms with E-state index in [1.54, 1.807) is 31.2 Å². The van der Waals surface area contributed by atoms with E-state index < -0.39 is 22.0 Å². The largest absolute Gasteiger partial charge is 0.484 e. The first-order valence-electron chi connectivity index (χ1n) is 10.0. The van der Waals surface area contributed by atoms with Crippen LogP contribution in [0, 0.1) is 0 Å². The lowest BCUT2D eigenvalue weighted by molar-refractivity contribution is -0.118. The number of nitrogens with zero attached hydrogens (tertiary/aromatic N) is 1. The number of anilines is 2. The second-order valence-electron chi connectivity index (χ2n) is 6.75. The molecule has 2 aromatic rings. The van der Waals surface area contributed by atoms with Crippen LogP contribution in [0.5, 0.6) is 5.75 Å². The Morgan fingerprint density at radius 1 is 1.03 bits per heavy atom. The van der Waals surface area contributed by atoms with Gasteiger partial charge >= 0.3 is 6.09 Å². The molecule has 0 aliphatic carbocycles. The van der Waals surface area contributed by atoms with Crippen molar-refractivity contribution in [3.05, 3.63) is 48.5 Å². The van der Waals surface area contributed by atoms with Crippen LogP contribution in [0.15, 0.2) is 53.4 Å². The van der Waals surface area contributed by atoms with Gasteiger partial charge in [-0.3, -0.25) is 10.1 Å². The molecule has 0 spiro atoms. The summed E-state index contributed by atoms with van der Waals surface area (Å²) >= 11 is 0. The van der Waals surface area contributed by atoms with Crippen LogP contribution in [0.1, 0.15) is 6.92 Å². The number of carbonyl (C=O) groups is 2. The zero-order chi connectivity index (χ0) is 23.0. The van der Waals surface area contributed by atoms with Crippen molar-refractivity contribution in [3.63, 3.8) is 0 Å². The number of hydrogen-bond acceptors (Lipinski definition) is 7. The van der Waals surface area contributed by atoms with Crippen molar-refractivity contribution in [2.75, 3.05) is 50.2 Å². The molecule has 11 heteroatoms. The molecule has 0 atom stereocenters. The molecule has 2 amide bonds. The summed E-state index contributed by atoms with van der Waals surface area (Å²) < 4.78 is 42.1. The molecule has 1 aliphatic heterocycles. The number of ether oxygens (including phenoxy) is 3. The maximum Gasteiger partial charge on any atom is 0.411 e. The van der Waals surface area contributed by atoms with Crippen LogP contribution >= 0.6 is 0 Å². The fourth-order valence-electron chi connectivity index (χ4n) is 2.94. The Labute approximate surface area is 186 Å². The Kier molecular flexibility index (Phi) is 8.03. The molecule has 0 aromatic heterocycles. The zero-order valence-electron chi connectivity index (χ0n) is 17.6. The van der Waals surface area contributed by atoms with Crippen molar-refractivity contribution in [1.29, 1.82) is 0 Å². The minimum absolute atomic E-state index is 0.152. The van der Waals surface area contributed by atoms with E-state index >= 15 is 0 Å². The van der Waals surface area contributed by atoms with E-state index in [2.05, 4.69) is 10.6 Å². The monoisotopic (exact) mass is 463 g/mol. The lowest BCUT2D eigenvalue weighted by atomic mass is 10.3. The molecule has 172 valence electrons. The molecule has 1 fully saturated rings. The molecular formula is C21H25N3O7S. The second-order valence-corrected chi connectivity index (χ2v) is 8.69. The Morgan fingerprint density at radius 3 is 2.44 bits per heavy atom. The number of hydrogen-bond donors (Lipinski definition) is 2. The number of carbonyl (C=O) groups excluding carboxylic acids is 2. The summed E-state index contributed by atoms with van der Waals surface area (Å²) in [6.07, 6.45) is -0.582. The van der Waals surface area contributed by atoms with E-state index in [0.717, 1.165) is 0 Å². The minimum Gasteiger partial charge on any atom is -0.484 e. The summed E-state index contributed by atoms with van der Waals surface area (Å²) in [5.41, 5.74) is 0.913. The molecule has 0 radical (unpaired) electrons. The van der Waals surface area contributed by atoms with Crippen LogP contribution in [0.2, 0.25) is 0 Å². The summed E-state index contributed by atoms with van der Waals surface area (Å²) in [6.45, 7) is 3.06. The number of sulfonamides is 1. The van der Waals surface area contributed by atoms with Gasteiger partial charge in [0.1, 0.15) is 5.75 Å². The van der Waals surface area contributed by atoms with Gasteiger partial charge in [0.2, 0.25) is 10.0 Å². The molecule has 2 aromatic carbocycles. The topological polar surface area (TPSA) is 123 Å². The molecule has 1 saturated heterocycles. The van der Waals surface area contributed by atoms with Crippen molar-refractivity contribution >= 4 is 33.4 Å². The van der Waals surface area contributed by atoms with Crippen LogP contribution in [0.3, 0.4) is 0 Å². The van der Waals surface area contributed by atoms with Crippen LogP contribution in [-0.4, -0.2) is 64.2 Å². The van der Waals surface area contributed by atoms with E-state index in [-0.39, 0.29) is 18.1 Å². The van der Waals surface area contributed by atoms with E-state index in [0.29, 0.717) is 43.4 Å². The molecule has 32 heavy (non-hydrogen) atoms. The summed E-state index contributed by atoms with van der Waals surface area (Å²) in [5.74, 6) is -0.0288. The van der Waals surface area contributed by atoms with Crippen LogP contribution in [0.4, 0.5) is 16.2 Å². The summed E-state index contributed by atoms with van der Waals surface area (Å²) in [4.78, 5) is 23.8. The summed E-state index contributed by atoms with van der Waals surface area (Å²) in [5, 5.41) is 5.20. The number of rotatable bonds is 8. The number of morpholine rings is 1. The van der Waals surface area contributed by atoms with Crippen molar-refractivity contribution in [2.24, 2.45) is 0 Å². The second kappa shape index (κ2) is 10.9. The SMILES string of the molecule is CCOC(=O)Nc1cccc(OCC(=O)Nc2ccc(S(=O)(=O)N3CCOCC3)cc2)c1. The number of benzene rings is 2. The molecule has 2 N–H and O–H groups in total. The maximum atomic E-state index is 12.6. The van der Waals surface area contributed by atoms with E-state index in [9.17, 15) is 18.0 Å². The number of nitrogens with one attached hydrogen (secondary N) is 2. The van der Waals surface area contributed by atoms with Gasteiger partial charge in [-0.15, -0.1) is 0 Å². The van der Waals surface area contributed by atoms with Gasteiger partial charge in [-0.1, -0.05) is 6.07 Å². The Bertz CT molecular complexity index is 1040. The first-order valence-corrected chi connectivity index (χ1v) is 11.5. The van der Waals surface area contributed by atoms with Crippen LogP contribution in [-0.2, 0) is 24.3 Å². The summed E-state index contributed by atoms with van der Waals surface area (Å²) in [7, 11) is -3.59. The van der Waals surface area contributed by atoms with Crippen molar-refractivity contribution in [2.45, 2.75) is 11.8 Å². The fraction of sp³-hybridized carbons (Fsp3) is 0.333. The first kappa shape index (κ1) is 23.5. The smallest absolute Gasteiger partial charge is 0.411 e. The lowest BCUT2D eigenvalue weighted by Gasteiger charge is -2.26. The minimum atomic E-state index is -3.59. The molecular weight excluding hydrogens is 438 g/mol. The maximum absolute atomic E-state index is 12.6. The van der Waals surface area contributed by atoms with E-state index in [1.807, 2.05) is 0 Å². The Morgan fingerprint density at radius 2 is 1.75 bits per heavy atom. The zero-order valence-corrected chi connectivity index (χ0v) is 18.4. The third-order valence-electron chi connectivity index (χ3n) is 4.47. The molecule has 0 unspecified atom stereocenters. The van der Waals surface area contributed by atoms with E-state index in [1.165, 1.54) is 28.6 Å². The lowest BCUT2D eigenvalue weighted by Crippen LogP contribution is -2.40. The van der Waals surface area contributed by atoms with Crippen LogP contribution in [0.25, 0.3) is 0 Å². The van der Waals surface area contributed by atoms with Crippen LogP contribution < -0.4 is 15.4 Å². The van der Waals surface area contributed by atoms with Crippen molar-refractivity contribution in [1.82, 2.24) is 4.31 Å². The third kappa shape index (κ3) is 6.42. The quantitative estimate of drug-likeness (QED) is 0.616. The van der Waals surface area contributed by atoms with Gasteiger partial charge in [0.05, 0.1) is 24.7 Å². The van der Waals surface area contributed by atoms with Gasteiger partial charge in [-0.05, 0) is 43.3 Å².